The summed E-state index contributed by atoms with van der Waals surface area (Å²) in [5.74, 6) is -6.59. The molecule has 508 valence electrons. The Morgan fingerprint density at radius 3 is 1.53 bits per heavy atom. The third kappa shape index (κ3) is 19.0. The highest BCUT2D eigenvalue weighted by atomic mass is 32.2. The van der Waals surface area contributed by atoms with Crippen molar-refractivity contribution in [3.63, 3.8) is 0 Å². The first-order valence-electron chi connectivity index (χ1n) is 41.7. The molecule has 0 fully saturated rings. The largest absolute Gasteiger partial charge is 0.416 e. The van der Waals surface area contributed by atoms with Gasteiger partial charge < -0.3 is 28.7 Å². The Bertz CT molecular complexity index is 5250. The van der Waals surface area contributed by atoms with Crippen molar-refractivity contribution < 1.29 is 77.6 Å². The van der Waals surface area contributed by atoms with Crippen LogP contribution in [0.5, 0.6) is 0 Å². The number of carbonyl (C=O) groups excluding carboxylic acids is 2. The molecule has 0 N–H and O–H groups in total. The highest BCUT2D eigenvalue weighted by Gasteiger charge is 2.33. The predicted molar refractivity (Wildman–Crippen MR) is 362 cm³/mol. The fraction of sp³-hybridized carbons (Fsp3) is 0.378. The summed E-state index contributed by atoms with van der Waals surface area (Å²) in [7, 11) is 0. The molecule has 96 heavy (non-hydrogen) atoms. The summed E-state index contributed by atoms with van der Waals surface area (Å²) in [4.78, 5) is 67.6. The molecule has 0 saturated heterocycles. The van der Waals surface area contributed by atoms with Gasteiger partial charge in [0.25, 0.3) is 11.1 Å². The first kappa shape index (κ1) is 46.3. The molecule has 2 amide bonds. The van der Waals surface area contributed by atoms with Crippen molar-refractivity contribution in [2.45, 2.75) is 134 Å². The summed E-state index contributed by atoms with van der Waals surface area (Å²) in [6.45, 7) is -12.7. The standard InChI is InChI=1S/2C37H40F4N4O2S/c1-4-43(5-2)18-19-44(22-26-6-10-28(11-7-26)29-12-14-30(15-13-29)37(39,40)41)34(46)23-45-33-21-25(3)20-32(33)35(47)42-36(45)48-24-27-8-16-31(38)17-9-27;1-4-43(5-2)19-20-44(22-29-12-11-28(21-25(29)3)27-13-15-30(16-14-27)37(39,40)41)34(46)23-45-33-8-6-7-32(33)35(47)42-36(45)48-24-26-9-17-31(38)18-10-26/h6-17,25H,4-5,18-24H2,1-3H3;9-18,21H,4-8,19-20,22-24H2,1-3H3/i4D2,5D2,20D2,21D2,23D2,25D;4D2,5D2,11D,12D,13D,14D,15D,16D,21D,23D2. The van der Waals surface area contributed by atoms with E-state index in [0.717, 1.165) is 94.8 Å². The number of benzene rings is 6. The quantitative estimate of drug-likeness (QED) is 0.0295. The lowest BCUT2D eigenvalue weighted by molar-refractivity contribution is -0.138. The Labute approximate surface area is 597 Å². The molecule has 0 bridgehead atoms. The van der Waals surface area contributed by atoms with E-state index in [1.54, 1.807) is 12.1 Å². The molecular formula is C74H80F8N8O4S2. The van der Waals surface area contributed by atoms with Crippen LogP contribution in [-0.4, -0.2) is 103 Å². The van der Waals surface area contributed by atoms with Crippen molar-refractivity contribution in [2.24, 2.45) is 5.89 Å². The highest BCUT2D eigenvalue weighted by Crippen LogP contribution is 2.35. The lowest BCUT2D eigenvalue weighted by Gasteiger charge is -2.28. The maximum atomic E-state index is 14.8. The third-order valence-electron chi connectivity index (χ3n) is 15.1. The summed E-state index contributed by atoms with van der Waals surface area (Å²) in [6, 6.07) is 13.2. The molecule has 1 unspecified atom stereocenters. The zero-order valence-electron chi connectivity index (χ0n) is 76.6. The fourth-order valence-electron chi connectivity index (χ4n) is 9.93. The number of alkyl halides is 6. The average molecular weight is 1390 g/mol. The smallest absolute Gasteiger partial charge is 0.336 e. The van der Waals surface area contributed by atoms with E-state index in [2.05, 4.69) is 9.97 Å². The van der Waals surface area contributed by atoms with Crippen LogP contribution in [0, 0.1) is 24.5 Å². The van der Waals surface area contributed by atoms with Gasteiger partial charge in [-0.25, -0.2) is 8.78 Å². The molecule has 8 aromatic rings. The van der Waals surface area contributed by atoms with Crippen LogP contribution < -0.4 is 11.1 Å². The van der Waals surface area contributed by atoms with E-state index >= 15 is 0 Å². The van der Waals surface area contributed by atoms with Crippen molar-refractivity contribution in [3.05, 3.63) is 233 Å². The van der Waals surface area contributed by atoms with Crippen LogP contribution in [0.2, 0.25) is 0 Å². The average Bonchev–Trinajstić information content (AvgIpc) is 1.51. The number of rotatable bonds is 26. The van der Waals surface area contributed by atoms with Crippen LogP contribution in [0.25, 0.3) is 22.3 Å². The normalized spacial score (nSPS) is 20.0. The van der Waals surface area contributed by atoms with Crippen molar-refractivity contribution in [3.8, 4) is 22.3 Å². The van der Waals surface area contributed by atoms with E-state index in [1.165, 1.54) is 67.6 Å². The van der Waals surface area contributed by atoms with E-state index in [-0.39, 0.29) is 51.9 Å². The zero-order valence-corrected chi connectivity index (χ0v) is 54.2. The highest BCUT2D eigenvalue weighted by molar-refractivity contribution is 7.98. The van der Waals surface area contributed by atoms with E-state index < -0.39 is 225 Å². The maximum absolute atomic E-state index is 14.8. The SMILES string of the molecule is [2H]C([2H])(C)N(CCN(Cc1ccc(-c2ccc(C(F)(F)F)cc2)cc1)C(=O)C([2H])([2H])n1c(SCc2ccc(F)cc2)nc(=O)c2c1C([2H])([2H])C([2H])(C)C2([2H])[2H])C([2H])([2H])C.[2H]c1c([2H])c(-c2c([2H])c([2H])c(C(F)(F)F)c([2H])c2[2H])c([2H])c(C)c1CN(CCN(C([2H])([2H])C)C([2H])([2H])C)C(=O)C([2H])([2H])n1c(SCc2ccc(F)cc2)nc(=O)c2c1CCC2. The molecule has 22 heteroatoms. The minimum atomic E-state index is -5.29. The monoisotopic (exact) mass is 1380 g/mol. The number of likely N-dealkylation sites (N-methyl/N-ethyl adjacent to an activating group) is 2. The van der Waals surface area contributed by atoms with E-state index in [9.17, 15) is 59.8 Å². The van der Waals surface area contributed by atoms with Gasteiger partial charge in [-0.3, -0.25) is 19.2 Å². The van der Waals surface area contributed by atoms with Crippen LogP contribution >= 0.6 is 23.5 Å². The maximum Gasteiger partial charge on any atom is 0.416 e. The zero-order chi connectivity index (χ0) is 90.2. The van der Waals surface area contributed by atoms with Crippen LogP contribution in [0.15, 0.2) is 159 Å². The number of aromatic nitrogens is 4. The number of carbonyl (C=O) groups is 2. The summed E-state index contributed by atoms with van der Waals surface area (Å²) in [6.07, 6.45) is -15.1. The summed E-state index contributed by atoms with van der Waals surface area (Å²) in [5, 5.41) is -0.768. The molecule has 2 heterocycles. The van der Waals surface area contributed by atoms with Gasteiger partial charge in [0.05, 0.1) is 26.2 Å². The van der Waals surface area contributed by atoms with Crippen molar-refractivity contribution >= 4 is 35.3 Å². The van der Waals surface area contributed by atoms with Gasteiger partial charge in [-0.05, 0) is 169 Å². The second kappa shape index (κ2) is 32.9. The van der Waals surface area contributed by atoms with Gasteiger partial charge in [-0.2, -0.15) is 36.3 Å². The number of hydrogen-bond acceptors (Lipinski definition) is 10. The fourth-order valence-corrected chi connectivity index (χ4v) is 11.7. The van der Waals surface area contributed by atoms with E-state index in [0.29, 0.717) is 50.6 Å². The molecule has 1 atom stereocenters. The van der Waals surface area contributed by atoms with E-state index in [4.69, 9.17) is 27.4 Å². The van der Waals surface area contributed by atoms with Crippen LogP contribution in [-0.2, 0) is 85.1 Å². The predicted octanol–water partition coefficient (Wildman–Crippen LogP) is 15.0. The van der Waals surface area contributed by atoms with Gasteiger partial charge in [0.2, 0.25) is 11.8 Å². The molecule has 0 saturated carbocycles. The van der Waals surface area contributed by atoms with Gasteiger partial charge in [-0.15, -0.1) is 0 Å². The second-order valence-electron chi connectivity index (χ2n) is 21.5. The topological polar surface area (TPSA) is 117 Å². The Morgan fingerprint density at radius 1 is 0.573 bits per heavy atom. The van der Waals surface area contributed by atoms with E-state index in [1.807, 2.05) is 0 Å². The number of nitrogens with zero attached hydrogens (tertiary/aromatic N) is 8. The second-order valence-corrected chi connectivity index (χ2v) is 23.4. The number of halogens is 8. The molecule has 2 aromatic heterocycles. The Hall–Kier alpha value is -7.92. The van der Waals surface area contributed by atoms with Gasteiger partial charge in [0.1, 0.15) is 24.6 Å². The minimum Gasteiger partial charge on any atom is -0.336 e. The van der Waals surface area contributed by atoms with Gasteiger partial charge in [-0.1, -0.05) is 149 Å². The molecule has 0 spiro atoms. The lowest BCUT2D eigenvalue weighted by atomic mass is 9.98. The van der Waals surface area contributed by atoms with Crippen molar-refractivity contribution in [1.82, 2.24) is 38.7 Å². The molecule has 2 aliphatic carbocycles. The Balaban J connectivity index is 0.000000273. The molecule has 6 aromatic carbocycles. The first-order valence-corrected chi connectivity index (χ1v) is 31.7. The van der Waals surface area contributed by atoms with Crippen LogP contribution in [0.4, 0.5) is 35.1 Å². The summed E-state index contributed by atoms with van der Waals surface area (Å²) >= 11 is 1.57. The number of thioether (sulfide) groups is 2. The van der Waals surface area contributed by atoms with Crippen molar-refractivity contribution in [2.75, 3.05) is 52.2 Å². The van der Waals surface area contributed by atoms with Crippen LogP contribution in [0.1, 0.15) is 135 Å². The molecule has 10 rings (SSSR count). The number of fused-ring (bicyclic) bond motifs is 2. The van der Waals surface area contributed by atoms with Crippen molar-refractivity contribution in [1.29, 1.82) is 0 Å². The minimum absolute atomic E-state index is 0.0698. The Morgan fingerprint density at radius 2 is 1.03 bits per heavy atom. The summed E-state index contributed by atoms with van der Waals surface area (Å²) in [5.41, 5.74) is -5.91. The first-order chi connectivity index (χ1) is 54.9. The summed E-state index contributed by atoms with van der Waals surface area (Å²) < 4.78 is 317. The number of amides is 2. The van der Waals surface area contributed by atoms with Crippen LogP contribution in [0.3, 0.4) is 0 Å². The molecule has 0 aliphatic heterocycles. The third-order valence-corrected chi connectivity index (χ3v) is 17.1. The Kier molecular flexibility index (Phi) is 15.9. The molecule has 12 nitrogen and oxygen atoms in total. The number of hydrogen-bond donors (Lipinski definition) is 0. The lowest BCUT2D eigenvalue weighted by Crippen LogP contribution is -2.40. The van der Waals surface area contributed by atoms with Gasteiger partial charge in [0.15, 0.2) is 10.3 Å². The molecular weight excluding hydrogens is 1280 g/mol. The molecule has 2 aliphatic rings. The van der Waals surface area contributed by atoms with Gasteiger partial charge in [0, 0.05) is 91.1 Å². The molecule has 0 radical (unpaired) electrons. The van der Waals surface area contributed by atoms with Gasteiger partial charge >= 0.3 is 12.4 Å².